The number of imide groups is 2. The van der Waals surface area contributed by atoms with Crippen molar-refractivity contribution in [2.24, 2.45) is 11.8 Å². The number of amides is 5. The molecule has 0 radical (unpaired) electrons. The third-order valence-electron chi connectivity index (χ3n) is 9.43. The molecule has 18 nitrogen and oxygen atoms in total. The molecule has 0 bridgehead atoms. The van der Waals surface area contributed by atoms with E-state index in [9.17, 15) is 33.6 Å². The molecular weight excluding hydrogens is 712 g/mol. The minimum Gasteiger partial charge on any atom is -0.461 e. The van der Waals surface area contributed by atoms with Crippen LogP contribution in [0.15, 0.2) is 29.1 Å². The van der Waals surface area contributed by atoms with Crippen LogP contribution >= 0.6 is 11.8 Å². The number of anilines is 1. The van der Waals surface area contributed by atoms with E-state index in [0.29, 0.717) is 48.5 Å². The van der Waals surface area contributed by atoms with Crippen LogP contribution < -0.4 is 21.5 Å². The molecule has 1 atom stereocenters. The summed E-state index contributed by atoms with van der Waals surface area (Å²) < 4.78 is 11.9. The highest BCUT2D eigenvalue weighted by atomic mass is 32.2. The normalized spacial score (nSPS) is 20.4. The zero-order valence-electron chi connectivity index (χ0n) is 29.0. The quantitative estimate of drug-likeness (QED) is 0.143. The van der Waals surface area contributed by atoms with Gasteiger partial charge >= 0.3 is 17.7 Å². The van der Waals surface area contributed by atoms with E-state index in [1.54, 1.807) is 0 Å². The van der Waals surface area contributed by atoms with Crippen molar-refractivity contribution >= 4 is 64.2 Å². The fourth-order valence-corrected chi connectivity index (χ4v) is 7.45. The average molecular weight is 753 g/mol. The summed E-state index contributed by atoms with van der Waals surface area (Å²) in [5, 5.41) is 2.73. The van der Waals surface area contributed by atoms with Gasteiger partial charge in [-0.15, -0.1) is 16.8 Å². The number of imidazole rings is 1. The third-order valence-corrected chi connectivity index (χ3v) is 10.6. The van der Waals surface area contributed by atoms with E-state index >= 15 is 0 Å². The summed E-state index contributed by atoms with van der Waals surface area (Å²) in [7, 11) is 1.54. The molecule has 1 saturated carbocycles. The maximum absolute atomic E-state index is 13.1. The topological polar surface area (TPSA) is 238 Å². The highest BCUT2D eigenvalue weighted by Gasteiger charge is 2.41. The van der Waals surface area contributed by atoms with Gasteiger partial charge in [-0.3, -0.25) is 33.4 Å². The number of carbonyl (C=O) groups excluding carboxylic acids is 6. The van der Waals surface area contributed by atoms with Crippen molar-refractivity contribution in [3.05, 3.63) is 45.9 Å². The number of likely N-dealkylation sites (tertiary alicyclic amines) is 1. The van der Waals surface area contributed by atoms with Crippen molar-refractivity contribution in [2.45, 2.75) is 63.3 Å². The lowest BCUT2D eigenvalue weighted by Gasteiger charge is -2.30. The number of benzene rings is 1. The molecule has 1 aliphatic carbocycles. The first kappa shape index (κ1) is 37.5. The van der Waals surface area contributed by atoms with Crippen LogP contribution in [0.25, 0.3) is 11.2 Å². The van der Waals surface area contributed by atoms with E-state index in [4.69, 9.17) is 20.0 Å². The molecule has 3 aliphatic rings. The van der Waals surface area contributed by atoms with Gasteiger partial charge in [-0.1, -0.05) is 24.3 Å². The molecule has 0 spiro atoms. The van der Waals surface area contributed by atoms with E-state index in [2.05, 4.69) is 20.3 Å². The fourth-order valence-electron chi connectivity index (χ4n) is 6.47. The van der Waals surface area contributed by atoms with Crippen molar-refractivity contribution in [2.75, 3.05) is 38.4 Å². The molecule has 4 heterocycles. The number of nitrogens with one attached hydrogen (secondary N) is 2. The number of thioether (sulfide) groups is 1. The van der Waals surface area contributed by atoms with Crippen molar-refractivity contribution in [1.82, 2.24) is 34.8 Å². The maximum atomic E-state index is 13.1. The number of aromatic amines is 1. The minimum absolute atomic E-state index is 0.00348. The summed E-state index contributed by atoms with van der Waals surface area (Å²) in [6, 6.07) is 7.34. The van der Waals surface area contributed by atoms with Crippen molar-refractivity contribution in [3.8, 4) is 6.01 Å². The molecule has 2 aliphatic heterocycles. The molecule has 3 fully saturated rings. The number of methoxy groups -OCH3 is 1. The summed E-state index contributed by atoms with van der Waals surface area (Å²) in [6.45, 7) is 1.22. The number of nitrogens with two attached hydrogens (primary N) is 1. The number of hydrogen-bond acceptors (Lipinski definition) is 14. The van der Waals surface area contributed by atoms with Gasteiger partial charge in [-0.05, 0) is 42.7 Å². The fraction of sp³-hybridized carbons (Fsp3) is 0.500. The second-order valence-corrected chi connectivity index (χ2v) is 14.3. The van der Waals surface area contributed by atoms with Gasteiger partial charge in [-0.25, -0.2) is 9.59 Å². The highest BCUT2D eigenvalue weighted by molar-refractivity contribution is 8.01. The molecule has 5 amide bonds. The number of rotatable bonds is 15. The Morgan fingerprint density at radius 1 is 0.962 bits per heavy atom. The number of ether oxygens (including phenoxy) is 2. The summed E-state index contributed by atoms with van der Waals surface area (Å²) in [5.74, 6) is -2.95. The first-order valence-electron chi connectivity index (χ1n) is 17.3. The van der Waals surface area contributed by atoms with Crippen LogP contribution in [0.2, 0.25) is 0 Å². The maximum Gasteiger partial charge on any atom is 0.336 e. The van der Waals surface area contributed by atoms with Crippen molar-refractivity contribution in [1.29, 1.82) is 0 Å². The standard InChI is InChI=1S/C34H40N8O10S/c1-50-12-13-51-33-38-29(35)28-30(39-33)41(34(49)37-28)17-20-4-2-19(3-5-20)15-36-24(43)18-53-23-14-27(46)40(31(23)47)16-21-6-8-22(9-7-21)32(48)52-42-25(44)10-11-26(42)45/h2-5,21-23H,6-18H2,1H3,(H,36,43)(H,37,49)(H2,35,38,39). The number of nitrogens with zero attached hydrogens (tertiary/aromatic N) is 5. The van der Waals surface area contributed by atoms with Crippen LogP contribution in [-0.2, 0) is 51.4 Å². The van der Waals surface area contributed by atoms with Crippen LogP contribution in [0.1, 0.15) is 56.1 Å². The number of hydroxylamine groups is 2. The van der Waals surface area contributed by atoms with E-state index in [1.165, 1.54) is 16.6 Å². The van der Waals surface area contributed by atoms with Gasteiger partial charge in [0.1, 0.15) is 12.1 Å². The molecular formula is C34H40N8O10S. The predicted octanol–water partition coefficient (Wildman–Crippen LogP) is 0.666. The number of carbonyl (C=O) groups is 6. The van der Waals surface area contributed by atoms with Crippen LogP contribution in [0.3, 0.4) is 0 Å². The number of hydrogen-bond donors (Lipinski definition) is 3. The monoisotopic (exact) mass is 752 g/mol. The van der Waals surface area contributed by atoms with Crippen LogP contribution in [0.5, 0.6) is 6.01 Å². The Labute approximate surface area is 307 Å². The lowest BCUT2D eigenvalue weighted by Crippen LogP contribution is -2.39. The smallest absolute Gasteiger partial charge is 0.336 e. The Kier molecular flexibility index (Phi) is 11.7. The molecule has 6 rings (SSSR count). The third kappa shape index (κ3) is 8.85. The number of fused-ring (bicyclic) bond motifs is 1. The summed E-state index contributed by atoms with van der Waals surface area (Å²) in [4.78, 5) is 105. The lowest BCUT2D eigenvalue weighted by atomic mass is 9.82. The van der Waals surface area contributed by atoms with Crippen molar-refractivity contribution < 1.29 is 43.1 Å². The minimum atomic E-state index is -0.657. The molecule has 53 heavy (non-hydrogen) atoms. The average Bonchev–Trinajstić information content (AvgIpc) is 3.74. The van der Waals surface area contributed by atoms with Crippen LogP contribution in [-0.4, -0.2) is 103 Å². The Balaban J connectivity index is 0.927. The molecule has 1 aromatic carbocycles. The second kappa shape index (κ2) is 16.6. The predicted molar refractivity (Wildman–Crippen MR) is 188 cm³/mol. The second-order valence-electron chi connectivity index (χ2n) is 13.1. The van der Waals surface area contributed by atoms with Crippen LogP contribution in [0.4, 0.5) is 5.82 Å². The Morgan fingerprint density at radius 3 is 2.36 bits per heavy atom. The molecule has 2 saturated heterocycles. The highest BCUT2D eigenvalue weighted by Crippen LogP contribution is 2.33. The van der Waals surface area contributed by atoms with E-state index in [-0.39, 0.29) is 86.7 Å². The Hall–Kier alpha value is -5.30. The molecule has 4 N–H and O–H groups in total. The molecule has 3 aromatic rings. The van der Waals surface area contributed by atoms with Gasteiger partial charge in [0.15, 0.2) is 11.5 Å². The lowest BCUT2D eigenvalue weighted by molar-refractivity contribution is -0.201. The van der Waals surface area contributed by atoms with E-state index in [1.807, 2.05) is 24.3 Å². The number of H-pyrrole nitrogens is 1. The van der Waals surface area contributed by atoms with Gasteiger partial charge in [0, 0.05) is 39.5 Å². The Bertz CT molecular complexity index is 1940. The largest absolute Gasteiger partial charge is 0.461 e. The van der Waals surface area contributed by atoms with Crippen LogP contribution in [0, 0.1) is 11.8 Å². The first-order valence-corrected chi connectivity index (χ1v) is 18.3. The molecule has 1 unspecified atom stereocenters. The van der Waals surface area contributed by atoms with Gasteiger partial charge in [0.05, 0.1) is 30.1 Å². The summed E-state index contributed by atoms with van der Waals surface area (Å²) in [6.07, 6.45) is 2.14. The van der Waals surface area contributed by atoms with Gasteiger partial charge in [0.2, 0.25) is 17.7 Å². The zero-order chi connectivity index (χ0) is 37.6. The molecule has 19 heteroatoms. The number of aromatic nitrogens is 4. The van der Waals surface area contributed by atoms with Gasteiger partial charge in [-0.2, -0.15) is 9.97 Å². The Morgan fingerprint density at radius 2 is 1.66 bits per heavy atom. The summed E-state index contributed by atoms with van der Waals surface area (Å²) >= 11 is 1.12. The SMILES string of the molecule is COCCOc1nc(N)c2[nH]c(=O)n(Cc3ccc(CNC(=O)CSC4CC(=O)N(CC5CCC(C(=O)ON6C(=O)CCC6=O)CC5)C4=O)cc3)c2n1. The van der Waals surface area contributed by atoms with E-state index < -0.39 is 34.6 Å². The van der Waals surface area contributed by atoms with Crippen molar-refractivity contribution in [3.63, 3.8) is 0 Å². The first-order chi connectivity index (χ1) is 25.5. The van der Waals surface area contributed by atoms with Gasteiger partial charge in [0.25, 0.3) is 11.8 Å². The van der Waals surface area contributed by atoms with E-state index in [0.717, 1.165) is 22.9 Å². The summed E-state index contributed by atoms with van der Waals surface area (Å²) in [5.41, 5.74) is 7.83. The zero-order valence-corrected chi connectivity index (χ0v) is 29.9. The molecule has 282 valence electrons. The van der Waals surface area contributed by atoms with Gasteiger partial charge < -0.3 is 30.3 Å². The number of nitrogen functional groups attached to an aromatic ring is 1. The molecule has 2 aromatic heterocycles.